The van der Waals surface area contributed by atoms with E-state index in [0.717, 1.165) is 27.5 Å². The Morgan fingerprint density at radius 3 is 1.75 bits per heavy atom. The second-order valence-electron chi connectivity index (χ2n) is 12.7. The van der Waals surface area contributed by atoms with Crippen LogP contribution in [0.5, 0.6) is 0 Å². The van der Waals surface area contributed by atoms with Crippen LogP contribution < -0.4 is 4.90 Å². The number of rotatable bonds is 6. The lowest BCUT2D eigenvalue weighted by Crippen LogP contribution is -2.11. The minimum atomic E-state index is 1.02. The van der Waals surface area contributed by atoms with Gasteiger partial charge in [0.2, 0.25) is 0 Å². The average Bonchev–Trinajstić information content (AvgIpc) is 3.80. The molecule has 4 heteroatoms. The number of nitrogens with zero attached hydrogens (tertiary/aromatic N) is 2. The highest BCUT2D eigenvalue weighted by Crippen LogP contribution is 2.52. The van der Waals surface area contributed by atoms with E-state index < -0.39 is 0 Å². The summed E-state index contributed by atoms with van der Waals surface area (Å²) in [6.45, 7) is 0. The molecule has 0 atom stereocenters. The van der Waals surface area contributed by atoms with Crippen LogP contribution in [0.15, 0.2) is 182 Å². The van der Waals surface area contributed by atoms with Crippen LogP contribution in [0.3, 0.4) is 0 Å². The summed E-state index contributed by atoms with van der Waals surface area (Å²) < 4.78 is 3.69. The van der Waals surface area contributed by atoms with Crippen molar-refractivity contribution in [3.05, 3.63) is 182 Å². The van der Waals surface area contributed by atoms with Crippen LogP contribution in [0.1, 0.15) is 0 Å². The second kappa shape index (κ2) is 12.4. The van der Waals surface area contributed by atoms with Gasteiger partial charge in [0.15, 0.2) is 0 Å². The van der Waals surface area contributed by atoms with Gasteiger partial charge < -0.3 is 4.90 Å². The summed E-state index contributed by atoms with van der Waals surface area (Å²) in [7, 11) is 0. The Kier molecular flexibility index (Phi) is 7.23. The predicted octanol–water partition coefficient (Wildman–Crippen LogP) is 14.3. The number of aromatic nitrogens is 1. The van der Waals surface area contributed by atoms with Gasteiger partial charge >= 0.3 is 0 Å². The maximum atomic E-state index is 5.30. The minimum absolute atomic E-state index is 1.02. The molecule has 0 aliphatic rings. The molecule has 8 aromatic carbocycles. The summed E-state index contributed by atoms with van der Waals surface area (Å²) in [5, 5.41) is 5.97. The van der Waals surface area contributed by atoms with Crippen molar-refractivity contribution < 1.29 is 0 Å². The zero-order chi connectivity index (χ0) is 33.7. The summed E-state index contributed by atoms with van der Waals surface area (Å²) in [5.41, 5.74) is 10.4. The molecule has 0 unspecified atom stereocenters. The van der Waals surface area contributed by atoms with E-state index in [4.69, 9.17) is 4.98 Å². The first-order valence-corrected chi connectivity index (χ1v) is 18.8. The third kappa shape index (κ3) is 5.11. The van der Waals surface area contributed by atoms with Crippen molar-refractivity contribution in [1.82, 2.24) is 4.98 Å². The average molecular weight is 687 g/mol. The SMILES string of the molecule is c1ccc(-c2ccc(N(c3ccc(-c4ccccc4)c4ccccc34)c3c4sc(-c5ccccc5)nc4cc4sc5ccccc5c34)cc2)cc1. The fourth-order valence-corrected chi connectivity index (χ4v) is 9.57. The summed E-state index contributed by atoms with van der Waals surface area (Å²) in [5.74, 6) is 0. The van der Waals surface area contributed by atoms with Gasteiger partial charge in [0.25, 0.3) is 0 Å². The smallest absolute Gasteiger partial charge is 0.124 e. The van der Waals surface area contributed by atoms with E-state index in [-0.39, 0.29) is 0 Å². The number of hydrogen-bond donors (Lipinski definition) is 0. The maximum Gasteiger partial charge on any atom is 0.124 e. The number of anilines is 3. The largest absolute Gasteiger partial charge is 0.308 e. The first-order valence-electron chi connectivity index (χ1n) is 17.1. The first-order chi connectivity index (χ1) is 25.3. The number of hydrogen-bond acceptors (Lipinski definition) is 4. The van der Waals surface area contributed by atoms with Gasteiger partial charge in [0.05, 0.1) is 21.6 Å². The lowest BCUT2D eigenvalue weighted by molar-refractivity contribution is 1.33. The molecule has 0 spiro atoms. The summed E-state index contributed by atoms with van der Waals surface area (Å²) in [6.07, 6.45) is 0. The molecule has 2 heterocycles. The molecule has 10 aromatic rings. The van der Waals surface area contributed by atoms with E-state index in [1.165, 1.54) is 63.6 Å². The van der Waals surface area contributed by atoms with Crippen LogP contribution in [-0.2, 0) is 0 Å². The summed E-state index contributed by atoms with van der Waals surface area (Å²) in [4.78, 5) is 7.80. The van der Waals surface area contributed by atoms with Crippen molar-refractivity contribution in [2.24, 2.45) is 0 Å². The number of thiophene rings is 1. The van der Waals surface area contributed by atoms with Crippen molar-refractivity contribution in [1.29, 1.82) is 0 Å². The standard InChI is InChI=1S/C47H30N2S2/c1-4-14-31(15-5-1)32-24-26-35(27-25-32)49(41-29-28-36(33-16-6-2-7-17-33)37-20-10-11-21-38(37)41)45-44-39-22-12-13-23-42(39)50-43(44)30-40-46(45)51-47(48-40)34-18-8-3-9-19-34/h1-30H. The van der Waals surface area contributed by atoms with Gasteiger partial charge in [-0.2, -0.15) is 0 Å². The fraction of sp³-hybridized carbons (Fsp3) is 0. The van der Waals surface area contributed by atoms with Crippen LogP contribution in [0, 0.1) is 0 Å². The van der Waals surface area contributed by atoms with Crippen LogP contribution in [0.4, 0.5) is 17.1 Å². The zero-order valence-electron chi connectivity index (χ0n) is 27.5. The fourth-order valence-electron chi connectivity index (χ4n) is 7.33. The van der Waals surface area contributed by atoms with Crippen LogP contribution in [0.25, 0.3) is 74.0 Å². The van der Waals surface area contributed by atoms with Gasteiger partial charge in [-0.1, -0.05) is 152 Å². The van der Waals surface area contributed by atoms with E-state index in [2.05, 4.69) is 187 Å². The highest BCUT2D eigenvalue weighted by atomic mass is 32.1. The Morgan fingerprint density at radius 1 is 0.431 bits per heavy atom. The molecule has 10 rings (SSSR count). The molecular weight excluding hydrogens is 657 g/mol. The van der Waals surface area contributed by atoms with E-state index in [0.29, 0.717) is 0 Å². The van der Waals surface area contributed by atoms with Crippen molar-refractivity contribution in [3.63, 3.8) is 0 Å². The van der Waals surface area contributed by atoms with E-state index >= 15 is 0 Å². The highest BCUT2D eigenvalue weighted by Gasteiger charge is 2.26. The normalized spacial score (nSPS) is 11.5. The zero-order valence-corrected chi connectivity index (χ0v) is 29.2. The molecule has 240 valence electrons. The molecule has 0 fully saturated rings. The Labute approximate surface area is 304 Å². The monoisotopic (exact) mass is 686 g/mol. The molecule has 2 nitrogen and oxygen atoms in total. The van der Waals surface area contributed by atoms with Gasteiger partial charge in [0, 0.05) is 36.8 Å². The predicted molar refractivity (Wildman–Crippen MR) is 221 cm³/mol. The Morgan fingerprint density at radius 2 is 1.02 bits per heavy atom. The van der Waals surface area contributed by atoms with Gasteiger partial charge in [0.1, 0.15) is 5.01 Å². The lowest BCUT2D eigenvalue weighted by Gasteiger charge is -2.29. The van der Waals surface area contributed by atoms with Crippen molar-refractivity contribution in [3.8, 4) is 32.8 Å². The maximum absolute atomic E-state index is 5.30. The summed E-state index contributed by atoms with van der Waals surface area (Å²) in [6, 6.07) is 65.5. The molecule has 0 saturated carbocycles. The van der Waals surface area contributed by atoms with Crippen molar-refractivity contribution >= 4 is 80.9 Å². The van der Waals surface area contributed by atoms with Gasteiger partial charge in [-0.15, -0.1) is 22.7 Å². The van der Waals surface area contributed by atoms with Crippen molar-refractivity contribution in [2.45, 2.75) is 0 Å². The number of thiazole rings is 1. The topological polar surface area (TPSA) is 16.1 Å². The first kappa shape index (κ1) is 29.8. The van der Waals surface area contributed by atoms with Gasteiger partial charge in [-0.25, -0.2) is 4.98 Å². The second-order valence-corrected chi connectivity index (χ2v) is 14.8. The highest BCUT2D eigenvalue weighted by molar-refractivity contribution is 7.26. The molecule has 51 heavy (non-hydrogen) atoms. The third-order valence-electron chi connectivity index (χ3n) is 9.70. The minimum Gasteiger partial charge on any atom is -0.308 e. The van der Waals surface area contributed by atoms with Crippen LogP contribution in [0.2, 0.25) is 0 Å². The lowest BCUT2D eigenvalue weighted by atomic mass is 9.96. The van der Waals surface area contributed by atoms with Gasteiger partial charge in [-0.3, -0.25) is 0 Å². The molecule has 0 N–H and O–H groups in total. The molecule has 0 aliphatic heterocycles. The molecule has 0 radical (unpaired) electrons. The molecular formula is C47H30N2S2. The van der Waals surface area contributed by atoms with Crippen molar-refractivity contribution in [2.75, 3.05) is 4.90 Å². The Balaban J connectivity index is 1.31. The molecule has 0 amide bonds. The van der Waals surface area contributed by atoms with Crippen LogP contribution in [-0.4, -0.2) is 4.98 Å². The van der Waals surface area contributed by atoms with E-state index in [1.54, 1.807) is 11.3 Å². The Hall–Kier alpha value is -6.07. The van der Waals surface area contributed by atoms with E-state index in [9.17, 15) is 0 Å². The van der Waals surface area contributed by atoms with E-state index in [1.807, 2.05) is 11.3 Å². The van der Waals surface area contributed by atoms with Crippen LogP contribution >= 0.6 is 22.7 Å². The number of benzene rings is 8. The Bertz CT molecular complexity index is 2840. The third-order valence-corrected chi connectivity index (χ3v) is 11.9. The molecule has 2 aromatic heterocycles. The van der Waals surface area contributed by atoms with Gasteiger partial charge in [-0.05, 0) is 58.0 Å². The summed E-state index contributed by atoms with van der Waals surface area (Å²) >= 11 is 3.62. The molecule has 0 bridgehead atoms. The quantitative estimate of drug-likeness (QED) is 0.173. The number of fused-ring (bicyclic) bond motifs is 5. The molecule has 0 aliphatic carbocycles. The molecule has 0 saturated heterocycles.